The molecule has 176 valence electrons. The lowest BCUT2D eigenvalue weighted by Gasteiger charge is -2.23. The number of hydrogen-bond acceptors (Lipinski definition) is 7. The van der Waals surface area contributed by atoms with Crippen LogP contribution in [0.3, 0.4) is 0 Å². The first-order chi connectivity index (χ1) is 16.2. The molecule has 0 fully saturated rings. The van der Waals surface area contributed by atoms with Gasteiger partial charge in [0.2, 0.25) is 0 Å². The third-order valence-electron chi connectivity index (χ3n) is 4.52. The van der Waals surface area contributed by atoms with Gasteiger partial charge in [-0.15, -0.1) is 0 Å². The molecular weight excluding hydrogens is 528 g/mol. The van der Waals surface area contributed by atoms with E-state index in [0.717, 1.165) is 4.31 Å². The molecule has 0 saturated heterocycles. The first kappa shape index (κ1) is 24.9. The maximum absolute atomic E-state index is 13.3. The third kappa shape index (κ3) is 5.97. The number of carbonyl (C=O) groups is 1. The Balaban J connectivity index is 1.81. The van der Waals surface area contributed by atoms with E-state index < -0.39 is 27.4 Å². The standard InChI is InChI=1S/C22H19BrN4O6S/c1-33-21-11-10-16(12-20(21)27(29)30)14-24-25-22(28)15-26(18-7-5-6-17(23)13-18)34(31,32)19-8-3-2-4-9-19/h2-14H,15H2,1H3,(H,25,28)/b24-14-. The van der Waals surface area contributed by atoms with Gasteiger partial charge in [-0.25, -0.2) is 13.8 Å². The number of benzene rings is 3. The summed E-state index contributed by atoms with van der Waals surface area (Å²) in [5, 5.41) is 14.9. The van der Waals surface area contributed by atoms with E-state index >= 15 is 0 Å². The Bertz CT molecular complexity index is 1330. The van der Waals surface area contributed by atoms with Gasteiger partial charge < -0.3 is 4.74 Å². The Hall–Kier alpha value is -3.77. The predicted octanol–water partition coefficient (Wildman–Crippen LogP) is 3.71. The number of nitro benzene ring substituents is 1. The Kier molecular flexibility index (Phi) is 7.97. The van der Waals surface area contributed by atoms with Crippen molar-refractivity contribution >= 4 is 49.4 Å². The second-order valence-corrected chi connectivity index (χ2v) is 9.56. The van der Waals surface area contributed by atoms with Gasteiger partial charge in [-0.05, 0) is 42.5 Å². The lowest BCUT2D eigenvalue weighted by molar-refractivity contribution is -0.385. The summed E-state index contributed by atoms with van der Waals surface area (Å²) in [6.07, 6.45) is 1.21. The van der Waals surface area contributed by atoms with Crippen molar-refractivity contribution < 1.29 is 22.9 Å². The van der Waals surface area contributed by atoms with Crippen molar-refractivity contribution in [3.8, 4) is 5.75 Å². The number of halogens is 1. The van der Waals surface area contributed by atoms with Crippen molar-refractivity contribution in [2.75, 3.05) is 18.0 Å². The lowest BCUT2D eigenvalue weighted by Crippen LogP contribution is -2.39. The minimum Gasteiger partial charge on any atom is -0.490 e. The van der Waals surface area contributed by atoms with Crippen LogP contribution >= 0.6 is 15.9 Å². The topological polar surface area (TPSA) is 131 Å². The average Bonchev–Trinajstić information content (AvgIpc) is 2.83. The molecule has 1 N–H and O–H groups in total. The van der Waals surface area contributed by atoms with E-state index in [1.165, 1.54) is 43.7 Å². The van der Waals surface area contributed by atoms with Gasteiger partial charge in [0.1, 0.15) is 6.54 Å². The van der Waals surface area contributed by atoms with E-state index in [2.05, 4.69) is 26.5 Å². The van der Waals surface area contributed by atoms with Crippen LogP contribution in [0.2, 0.25) is 0 Å². The molecular formula is C22H19BrN4O6S. The average molecular weight is 547 g/mol. The molecule has 12 heteroatoms. The molecule has 10 nitrogen and oxygen atoms in total. The summed E-state index contributed by atoms with van der Waals surface area (Å²) >= 11 is 3.31. The van der Waals surface area contributed by atoms with Gasteiger partial charge >= 0.3 is 5.69 Å². The molecule has 0 heterocycles. The number of carbonyl (C=O) groups excluding carboxylic acids is 1. The molecule has 0 saturated carbocycles. The zero-order valence-electron chi connectivity index (χ0n) is 17.8. The predicted molar refractivity (Wildman–Crippen MR) is 131 cm³/mol. The smallest absolute Gasteiger partial charge is 0.311 e. The van der Waals surface area contributed by atoms with Crippen LogP contribution in [0.15, 0.2) is 87.3 Å². The Morgan fingerprint density at radius 3 is 2.53 bits per heavy atom. The monoisotopic (exact) mass is 546 g/mol. The van der Waals surface area contributed by atoms with Gasteiger partial charge in [-0.2, -0.15) is 5.10 Å². The maximum atomic E-state index is 13.3. The molecule has 0 spiro atoms. The zero-order valence-corrected chi connectivity index (χ0v) is 20.2. The summed E-state index contributed by atoms with van der Waals surface area (Å²) in [5.41, 5.74) is 2.62. The maximum Gasteiger partial charge on any atom is 0.311 e. The van der Waals surface area contributed by atoms with Gasteiger partial charge in [0.15, 0.2) is 5.75 Å². The molecule has 0 aliphatic carbocycles. The number of ether oxygens (including phenoxy) is 1. The van der Waals surface area contributed by atoms with Crippen LogP contribution in [0.25, 0.3) is 0 Å². The van der Waals surface area contributed by atoms with Gasteiger partial charge in [0, 0.05) is 16.1 Å². The number of amides is 1. The van der Waals surface area contributed by atoms with Crippen LogP contribution in [0, 0.1) is 10.1 Å². The highest BCUT2D eigenvalue weighted by Gasteiger charge is 2.27. The molecule has 34 heavy (non-hydrogen) atoms. The fourth-order valence-corrected chi connectivity index (χ4v) is 4.76. The SMILES string of the molecule is COc1ccc(/C=N\NC(=O)CN(c2cccc(Br)c2)S(=O)(=O)c2ccccc2)cc1[N+](=O)[O-]. The van der Waals surface area contributed by atoms with Gasteiger partial charge in [0.05, 0.1) is 28.8 Å². The Morgan fingerprint density at radius 2 is 1.88 bits per heavy atom. The number of hydrogen-bond donors (Lipinski definition) is 1. The van der Waals surface area contributed by atoms with E-state index in [4.69, 9.17) is 4.74 Å². The summed E-state index contributed by atoms with van der Waals surface area (Å²) in [6.45, 7) is -0.548. The number of nitro groups is 1. The van der Waals surface area contributed by atoms with Gasteiger partial charge in [0.25, 0.3) is 15.9 Å². The minimum atomic E-state index is -4.06. The van der Waals surface area contributed by atoms with Crippen molar-refractivity contribution in [2.24, 2.45) is 5.10 Å². The number of rotatable bonds is 9. The molecule has 1 amide bonds. The largest absolute Gasteiger partial charge is 0.490 e. The van der Waals surface area contributed by atoms with Crippen LogP contribution in [0.4, 0.5) is 11.4 Å². The van der Waals surface area contributed by atoms with E-state index in [1.807, 2.05) is 0 Å². The molecule has 0 aliphatic heterocycles. The quantitative estimate of drug-likeness (QED) is 0.247. The van der Waals surface area contributed by atoms with Gasteiger partial charge in [-0.1, -0.05) is 40.2 Å². The van der Waals surface area contributed by atoms with Crippen LogP contribution < -0.4 is 14.5 Å². The minimum absolute atomic E-state index is 0.0248. The van der Waals surface area contributed by atoms with E-state index in [-0.39, 0.29) is 22.0 Å². The number of hydrazone groups is 1. The molecule has 3 aromatic rings. The molecule has 0 radical (unpaired) electrons. The molecule has 3 aromatic carbocycles. The van der Waals surface area contributed by atoms with Crippen molar-refractivity contribution in [1.29, 1.82) is 0 Å². The van der Waals surface area contributed by atoms with E-state index in [0.29, 0.717) is 10.0 Å². The zero-order chi connectivity index (χ0) is 24.7. The highest BCUT2D eigenvalue weighted by Crippen LogP contribution is 2.27. The Labute approximate surface area is 204 Å². The summed E-state index contributed by atoms with van der Waals surface area (Å²) in [4.78, 5) is 23.2. The van der Waals surface area contributed by atoms with Gasteiger partial charge in [-0.3, -0.25) is 19.2 Å². The van der Waals surface area contributed by atoms with Crippen molar-refractivity contribution in [3.05, 3.63) is 92.9 Å². The van der Waals surface area contributed by atoms with Crippen LogP contribution in [0.5, 0.6) is 5.75 Å². The molecule has 0 aromatic heterocycles. The second kappa shape index (κ2) is 10.9. The fraction of sp³-hybridized carbons (Fsp3) is 0.0909. The number of methoxy groups -OCH3 is 1. The molecule has 0 bridgehead atoms. The van der Waals surface area contributed by atoms with Crippen LogP contribution in [-0.2, 0) is 14.8 Å². The first-order valence-corrected chi connectivity index (χ1v) is 11.9. The third-order valence-corrected chi connectivity index (χ3v) is 6.80. The summed E-state index contributed by atoms with van der Waals surface area (Å²) < 4.78 is 33.1. The number of nitrogens with one attached hydrogen (secondary N) is 1. The number of anilines is 1. The molecule has 0 aliphatic rings. The van der Waals surface area contributed by atoms with Crippen LogP contribution in [0.1, 0.15) is 5.56 Å². The van der Waals surface area contributed by atoms with E-state index in [1.54, 1.807) is 42.5 Å². The van der Waals surface area contributed by atoms with Crippen molar-refractivity contribution in [1.82, 2.24) is 5.43 Å². The fourth-order valence-electron chi connectivity index (χ4n) is 2.94. The van der Waals surface area contributed by atoms with E-state index in [9.17, 15) is 23.3 Å². The molecule has 0 atom stereocenters. The summed E-state index contributed by atoms with van der Waals surface area (Å²) in [7, 11) is -2.74. The normalized spacial score (nSPS) is 11.2. The second-order valence-electron chi connectivity index (χ2n) is 6.79. The van der Waals surface area contributed by atoms with Crippen LogP contribution in [-0.4, -0.2) is 39.1 Å². The Morgan fingerprint density at radius 1 is 1.15 bits per heavy atom. The highest BCUT2D eigenvalue weighted by atomic mass is 79.9. The lowest BCUT2D eigenvalue weighted by atomic mass is 10.2. The van der Waals surface area contributed by atoms with Crippen molar-refractivity contribution in [2.45, 2.75) is 4.90 Å². The first-order valence-electron chi connectivity index (χ1n) is 9.70. The summed E-state index contributed by atoms with van der Waals surface area (Å²) in [6, 6.07) is 18.4. The number of sulfonamides is 1. The van der Waals surface area contributed by atoms with Crippen molar-refractivity contribution in [3.63, 3.8) is 0 Å². The summed E-state index contributed by atoms with van der Waals surface area (Å²) in [5.74, 6) is -0.624. The highest BCUT2D eigenvalue weighted by molar-refractivity contribution is 9.10. The molecule has 3 rings (SSSR count). The number of nitrogens with zero attached hydrogens (tertiary/aromatic N) is 3. The molecule has 0 unspecified atom stereocenters.